The summed E-state index contributed by atoms with van der Waals surface area (Å²) in [7, 11) is 0. The second kappa shape index (κ2) is 11.7. The second-order valence-corrected chi connectivity index (χ2v) is 13.9. The standard InChI is InChI=1S/C13H20O2.C12H18O2.C6H12O2/c1-2-12(14)15-13-10-4-8-3-9(6-10)7-11(13)5-8;1-7(13)14-12-10-3-8-2-9(5-10)6-11(12)4-8;1-5(7)8-6(2,3)4/h8-11,13H,2-7H2,1H3;8-12H,2-6H2,1H3;1-4H3. The van der Waals surface area contributed by atoms with Gasteiger partial charge in [0.05, 0.1) is 0 Å². The van der Waals surface area contributed by atoms with Gasteiger partial charge in [0.2, 0.25) is 0 Å². The zero-order chi connectivity index (χ0) is 26.9. The molecule has 8 fully saturated rings. The maximum Gasteiger partial charge on any atom is 0.305 e. The van der Waals surface area contributed by atoms with Gasteiger partial charge in [-0.05, 0) is 132 Å². The van der Waals surface area contributed by atoms with Gasteiger partial charge >= 0.3 is 17.9 Å². The average molecular weight is 519 g/mol. The fourth-order valence-corrected chi connectivity index (χ4v) is 8.99. The van der Waals surface area contributed by atoms with Gasteiger partial charge in [0.15, 0.2) is 0 Å². The summed E-state index contributed by atoms with van der Waals surface area (Å²) in [5.74, 6) is 6.37. The Morgan fingerprint density at radius 3 is 1.19 bits per heavy atom. The number of ether oxygens (including phenoxy) is 3. The van der Waals surface area contributed by atoms with Crippen molar-refractivity contribution in [2.24, 2.45) is 47.3 Å². The first-order chi connectivity index (χ1) is 17.4. The highest BCUT2D eigenvalue weighted by Gasteiger charge is 2.50. The molecule has 0 amide bonds. The summed E-state index contributed by atoms with van der Waals surface area (Å²) in [5, 5.41) is 0. The van der Waals surface area contributed by atoms with Crippen molar-refractivity contribution >= 4 is 17.9 Å². The van der Waals surface area contributed by atoms with E-state index in [-0.39, 0.29) is 35.7 Å². The number of esters is 3. The van der Waals surface area contributed by atoms with Gasteiger partial charge in [0, 0.05) is 20.3 Å². The van der Waals surface area contributed by atoms with Crippen LogP contribution in [0.15, 0.2) is 0 Å². The Hall–Kier alpha value is -1.59. The molecule has 0 heterocycles. The van der Waals surface area contributed by atoms with E-state index in [0.717, 1.165) is 23.7 Å². The molecule has 210 valence electrons. The van der Waals surface area contributed by atoms with Crippen LogP contribution in [0.3, 0.4) is 0 Å². The lowest BCUT2D eigenvalue weighted by molar-refractivity contribution is -0.170. The van der Waals surface area contributed by atoms with Crippen molar-refractivity contribution in [1.82, 2.24) is 0 Å². The van der Waals surface area contributed by atoms with Crippen LogP contribution in [0.2, 0.25) is 0 Å². The van der Waals surface area contributed by atoms with Crippen LogP contribution in [-0.4, -0.2) is 35.7 Å². The minimum atomic E-state index is -0.328. The Balaban J connectivity index is 0.000000137. The molecule has 0 aliphatic heterocycles. The fraction of sp³-hybridized carbons (Fsp3) is 0.903. The third-order valence-electron chi connectivity index (χ3n) is 9.59. The van der Waals surface area contributed by atoms with E-state index in [1.165, 1.54) is 71.1 Å². The Bertz CT molecular complexity index is 770. The molecule has 0 spiro atoms. The van der Waals surface area contributed by atoms with Crippen molar-refractivity contribution in [3.05, 3.63) is 0 Å². The minimum Gasteiger partial charge on any atom is -0.462 e. The molecule has 0 N–H and O–H groups in total. The van der Waals surface area contributed by atoms with Crippen LogP contribution in [0.4, 0.5) is 0 Å². The molecule has 0 aromatic rings. The normalized spacial score (nSPS) is 40.1. The summed E-state index contributed by atoms with van der Waals surface area (Å²) in [4.78, 5) is 32.6. The molecule has 8 aliphatic carbocycles. The van der Waals surface area contributed by atoms with Gasteiger partial charge in [-0.25, -0.2) is 0 Å². The zero-order valence-electron chi connectivity index (χ0n) is 24.0. The monoisotopic (exact) mass is 518 g/mol. The Morgan fingerprint density at radius 1 is 0.595 bits per heavy atom. The first-order valence-corrected chi connectivity index (χ1v) is 15.0. The Morgan fingerprint density at radius 2 is 0.946 bits per heavy atom. The molecule has 0 atom stereocenters. The lowest BCUT2D eigenvalue weighted by Gasteiger charge is -2.53. The van der Waals surface area contributed by atoms with Crippen molar-refractivity contribution in [3.8, 4) is 0 Å². The maximum absolute atomic E-state index is 11.4. The lowest BCUT2D eigenvalue weighted by atomic mass is 9.55. The molecular formula is C31H50O6. The highest BCUT2D eigenvalue weighted by atomic mass is 16.6. The molecule has 8 aliphatic rings. The number of hydrogen-bond acceptors (Lipinski definition) is 6. The van der Waals surface area contributed by atoms with Gasteiger partial charge in [-0.15, -0.1) is 0 Å². The van der Waals surface area contributed by atoms with Crippen LogP contribution in [0.25, 0.3) is 0 Å². The van der Waals surface area contributed by atoms with Gasteiger partial charge in [-0.2, -0.15) is 0 Å². The highest BCUT2D eigenvalue weighted by Crippen LogP contribution is 2.55. The Labute approximate surface area is 223 Å². The Kier molecular flexibility index (Phi) is 8.95. The quantitative estimate of drug-likeness (QED) is 0.314. The van der Waals surface area contributed by atoms with Gasteiger partial charge in [0.1, 0.15) is 17.8 Å². The van der Waals surface area contributed by atoms with Gasteiger partial charge in [-0.1, -0.05) is 6.92 Å². The SMILES string of the molecule is CC(=O)OC(C)(C)C.CC(=O)OC1C2CC3CC(C2)CC1C3.CCC(=O)OC1C2CC3CC(C2)CC1C3. The molecule has 8 bridgehead atoms. The van der Waals surface area contributed by atoms with E-state index in [4.69, 9.17) is 14.2 Å². The van der Waals surface area contributed by atoms with Crippen molar-refractivity contribution in [2.75, 3.05) is 0 Å². The first-order valence-electron chi connectivity index (χ1n) is 15.0. The molecule has 8 saturated carbocycles. The van der Waals surface area contributed by atoms with Crippen LogP contribution < -0.4 is 0 Å². The van der Waals surface area contributed by atoms with Crippen molar-refractivity contribution < 1.29 is 28.6 Å². The lowest BCUT2D eigenvalue weighted by Crippen LogP contribution is -2.49. The van der Waals surface area contributed by atoms with E-state index in [9.17, 15) is 14.4 Å². The zero-order valence-corrected chi connectivity index (χ0v) is 24.0. The largest absolute Gasteiger partial charge is 0.462 e. The average Bonchev–Trinajstić information content (AvgIpc) is 2.76. The fourth-order valence-electron chi connectivity index (χ4n) is 8.99. The molecule has 0 aromatic carbocycles. The predicted octanol–water partition coefficient (Wildman–Crippen LogP) is 6.49. The molecule has 0 saturated heterocycles. The summed E-state index contributed by atoms with van der Waals surface area (Å²) in [6.45, 7) is 10.4. The van der Waals surface area contributed by atoms with E-state index in [0.29, 0.717) is 30.1 Å². The molecule has 0 aromatic heterocycles. The third kappa shape index (κ3) is 7.50. The van der Waals surface area contributed by atoms with Crippen molar-refractivity contribution in [3.63, 3.8) is 0 Å². The highest BCUT2D eigenvalue weighted by molar-refractivity contribution is 5.69. The van der Waals surface area contributed by atoms with E-state index >= 15 is 0 Å². The molecule has 0 unspecified atom stereocenters. The van der Waals surface area contributed by atoms with E-state index < -0.39 is 0 Å². The van der Waals surface area contributed by atoms with Gasteiger partial charge in [-0.3, -0.25) is 14.4 Å². The molecular weight excluding hydrogens is 468 g/mol. The maximum atomic E-state index is 11.4. The van der Waals surface area contributed by atoms with Crippen LogP contribution >= 0.6 is 0 Å². The van der Waals surface area contributed by atoms with Crippen molar-refractivity contribution in [2.45, 2.75) is 130 Å². The van der Waals surface area contributed by atoms with Crippen LogP contribution in [0, 0.1) is 47.3 Å². The number of hydrogen-bond donors (Lipinski definition) is 0. The van der Waals surface area contributed by atoms with Crippen LogP contribution in [-0.2, 0) is 28.6 Å². The summed E-state index contributed by atoms with van der Waals surface area (Å²) < 4.78 is 15.9. The van der Waals surface area contributed by atoms with E-state index in [1.807, 2.05) is 27.7 Å². The molecule has 8 rings (SSSR count). The van der Waals surface area contributed by atoms with Crippen LogP contribution in [0.5, 0.6) is 0 Å². The molecule has 6 nitrogen and oxygen atoms in total. The first kappa shape index (κ1) is 28.4. The van der Waals surface area contributed by atoms with E-state index in [1.54, 1.807) is 6.92 Å². The van der Waals surface area contributed by atoms with Crippen molar-refractivity contribution in [1.29, 1.82) is 0 Å². The summed E-state index contributed by atoms with van der Waals surface area (Å²) in [6.07, 6.45) is 14.6. The minimum absolute atomic E-state index is 0.00692. The number of rotatable bonds is 3. The van der Waals surface area contributed by atoms with E-state index in [2.05, 4.69) is 0 Å². The molecule has 0 radical (unpaired) electrons. The summed E-state index contributed by atoms with van der Waals surface area (Å²) in [6, 6.07) is 0. The van der Waals surface area contributed by atoms with Gasteiger partial charge < -0.3 is 14.2 Å². The topological polar surface area (TPSA) is 78.9 Å². The molecule has 6 heteroatoms. The van der Waals surface area contributed by atoms with Crippen LogP contribution in [0.1, 0.15) is 112 Å². The summed E-state index contributed by atoms with van der Waals surface area (Å²) >= 11 is 0. The molecule has 37 heavy (non-hydrogen) atoms. The number of carbonyl (C=O) groups is 3. The number of carbonyl (C=O) groups excluding carboxylic acids is 3. The predicted molar refractivity (Wildman–Crippen MR) is 141 cm³/mol. The smallest absolute Gasteiger partial charge is 0.305 e. The van der Waals surface area contributed by atoms with Gasteiger partial charge in [0.25, 0.3) is 0 Å². The summed E-state index contributed by atoms with van der Waals surface area (Å²) in [5.41, 5.74) is -0.328. The third-order valence-corrected chi connectivity index (χ3v) is 9.59. The second-order valence-electron chi connectivity index (χ2n) is 13.9.